The van der Waals surface area contributed by atoms with Gasteiger partial charge in [-0.05, 0) is 83.2 Å². The van der Waals surface area contributed by atoms with Gasteiger partial charge in [0.15, 0.2) is 0 Å². The number of carbonyl (C=O) groups excluding carboxylic acids is 1. The highest BCUT2D eigenvalue weighted by Crippen LogP contribution is 2.30. The number of hydrogen-bond donors (Lipinski definition) is 0. The van der Waals surface area contributed by atoms with Crippen molar-refractivity contribution in [1.29, 1.82) is 0 Å². The Labute approximate surface area is 193 Å². The van der Waals surface area contributed by atoms with E-state index in [1.165, 1.54) is 6.07 Å². The quantitative estimate of drug-likeness (QED) is 0.483. The van der Waals surface area contributed by atoms with Gasteiger partial charge in [0, 0.05) is 37.9 Å². The number of nitrogens with zero attached hydrogens (tertiary/aromatic N) is 3. The maximum atomic E-state index is 15.1. The third-order valence-corrected chi connectivity index (χ3v) is 6.05. The molecule has 5 nitrogen and oxygen atoms in total. The highest BCUT2D eigenvalue weighted by Gasteiger charge is 2.27. The summed E-state index contributed by atoms with van der Waals surface area (Å²) in [5.74, 6) is 0.310. The monoisotopic (exact) mass is 443 g/mol. The lowest BCUT2D eigenvalue weighted by Crippen LogP contribution is -2.37. The van der Waals surface area contributed by atoms with Crippen molar-refractivity contribution >= 4 is 17.3 Å². The van der Waals surface area contributed by atoms with Crippen LogP contribution in [0.5, 0.6) is 5.75 Å². The maximum Gasteiger partial charge on any atom is 0.258 e. The van der Waals surface area contributed by atoms with E-state index in [9.17, 15) is 4.79 Å². The lowest BCUT2D eigenvalue weighted by Gasteiger charge is -2.28. The summed E-state index contributed by atoms with van der Waals surface area (Å²) in [5.41, 5.74) is 1.72. The Morgan fingerprint density at radius 3 is 2.50 bits per heavy atom. The van der Waals surface area contributed by atoms with Crippen molar-refractivity contribution in [2.75, 3.05) is 43.6 Å². The topological polar surface area (TPSA) is 36.0 Å². The van der Waals surface area contributed by atoms with E-state index in [1.54, 1.807) is 23.1 Å². The third-order valence-electron chi connectivity index (χ3n) is 6.05. The van der Waals surface area contributed by atoms with Crippen molar-refractivity contribution in [3.63, 3.8) is 0 Å². The van der Waals surface area contributed by atoms with Crippen LogP contribution in [0, 0.1) is 5.82 Å². The number of likely N-dealkylation sites (N-methyl/N-ethyl adjacent to an activating group) is 1. The van der Waals surface area contributed by atoms with Gasteiger partial charge in [-0.15, -0.1) is 0 Å². The van der Waals surface area contributed by atoms with Crippen LogP contribution in [-0.4, -0.2) is 56.7 Å². The van der Waals surface area contributed by atoms with Gasteiger partial charge in [-0.3, -0.25) is 4.79 Å². The van der Waals surface area contributed by atoms with E-state index in [0.717, 1.165) is 38.1 Å². The number of carbonyl (C=O) groups is 1. The van der Waals surface area contributed by atoms with Crippen molar-refractivity contribution in [3.05, 3.63) is 53.8 Å². The summed E-state index contributed by atoms with van der Waals surface area (Å²) >= 11 is 0. The molecule has 0 aliphatic carbocycles. The highest BCUT2D eigenvalue weighted by atomic mass is 19.1. The van der Waals surface area contributed by atoms with Gasteiger partial charge in [-0.25, -0.2) is 4.39 Å². The first-order chi connectivity index (χ1) is 15.3. The molecule has 1 saturated heterocycles. The molecule has 2 aromatic rings. The highest BCUT2D eigenvalue weighted by molar-refractivity contribution is 6.06. The van der Waals surface area contributed by atoms with Crippen molar-refractivity contribution < 1.29 is 15.3 Å². The summed E-state index contributed by atoms with van der Waals surface area (Å²) in [6.45, 7) is 8.30. The van der Waals surface area contributed by atoms with E-state index >= 15 is 4.39 Å². The van der Waals surface area contributed by atoms with Crippen LogP contribution in [0.4, 0.5) is 15.8 Å². The van der Waals surface area contributed by atoms with Crippen LogP contribution in [0.15, 0.2) is 42.5 Å². The van der Waals surface area contributed by atoms with Crippen LogP contribution in [0.25, 0.3) is 0 Å². The summed E-state index contributed by atoms with van der Waals surface area (Å²) < 4.78 is 20.8. The molecule has 1 aliphatic rings. The number of amides is 1. The minimum atomic E-state index is -0.292. The molecule has 0 aromatic heterocycles. The summed E-state index contributed by atoms with van der Waals surface area (Å²) in [6.07, 6.45) is 3.09. The third kappa shape index (κ3) is 5.60. The van der Waals surface area contributed by atoms with Crippen molar-refractivity contribution in [2.24, 2.45) is 0 Å². The van der Waals surface area contributed by atoms with Crippen LogP contribution >= 0.6 is 0 Å². The fourth-order valence-corrected chi connectivity index (χ4v) is 4.10. The molecule has 3 rings (SSSR count). The Balaban J connectivity index is 0.00000385. The molecule has 1 atom stereocenters. The maximum absolute atomic E-state index is 15.1. The molecule has 32 heavy (non-hydrogen) atoms. The zero-order valence-electron chi connectivity index (χ0n) is 20.0. The number of anilines is 2. The fraction of sp³-hybridized carbons (Fsp3) is 0.500. The molecule has 1 fully saturated rings. The molecule has 0 N–H and O–H groups in total. The molecule has 176 valence electrons. The van der Waals surface area contributed by atoms with Gasteiger partial charge in [0.05, 0.1) is 12.3 Å². The smallest absolute Gasteiger partial charge is 0.258 e. The standard InChI is InChI=1S/C26H36FN3O2.H2/c1-6-7-16-32-23-11-8-20(9-12-23)26(31)30(19(2)3)21-10-13-25(24(27)17-21)29-15-14-22(18-29)28(4)5;/h8-13,17,19,22H,6-7,14-16,18H2,1-5H3;1H. The predicted molar refractivity (Wildman–Crippen MR) is 132 cm³/mol. The number of halogens is 1. The van der Waals surface area contributed by atoms with E-state index in [-0.39, 0.29) is 19.2 Å². The lowest BCUT2D eigenvalue weighted by molar-refractivity contribution is 0.0980. The number of unbranched alkanes of at least 4 members (excludes halogenated alkanes) is 1. The van der Waals surface area contributed by atoms with Gasteiger partial charge in [0.25, 0.3) is 5.91 Å². The summed E-state index contributed by atoms with van der Waals surface area (Å²) in [4.78, 5) is 19.2. The van der Waals surface area contributed by atoms with E-state index in [0.29, 0.717) is 29.6 Å². The summed E-state index contributed by atoms with van der Waals surface area (Å²) in [7, 11) is 4.12. The minimum absolute atomic E-state index is 0. The largest absolute Gasteiger partial charge is 0.494 e. The number of benzene rings is 2. The average Bonchev–Trinajstić information content (AvgIpc) is 3.25. The first-order valence-corrected chi connectivity index (χ1v) is 11.6. The van der Waals surface area contributed by atoms with Crippen LogP contribution in [-0.2, 0) is 0 Å². The van der Waals surface area contributed by atoms with Gasteiger partial charge in [-0.1, -0.05) is 13.3 Å². The Hall–Kier alpha value is -2.60. The zero-order chi connectivity index (χ0) is 23.3. The molecule has 0 spiro atoms. The molecule has 1 aliphatic heterocycles. The van der Waals surface area contributed by atoms with E-state index in [4.69, 9.17) is 4.74 Å². The molecular weight excluding hydrogens is 405 g/mol. The van der Waals surface area contributed by atoms with Gasteiger partial charge in [0.1, 0.15) is 11.6 Å². The van der Waals surface area contributed by atoms with Crippen LogP contribution in [0.1, 0.15) is 51.8 Å². The fourth-order valence-electron chi connectivity index (χ4n) is 4.10. The first-order valence-electron chi connectivity index (χ1n) is 11.6. The van der Waals surface area contributed by atoms with Crippen LogP contribution in [0.3, 0.4) is 0 Å². The molecule has 1 unspecified atom stereocenters. The first kappa shape index (κ1) is 24.1. The SMILES string of the molecule is CCCCOc1ccc(C(=O)N(c2ccc(N3CCC(N(C)C)C3)c(F)c2)C(C)C)cc1.[HH]. The Kier molecular flexibility index (Phi) is 8.13. The molecule has 6 heteroatoms. The predicted octanol–water partition coefficient (Wildman–Crippen LogP) is 5.45. The Bertz CT molecular complexity index is 905. The summed E-state index contributed by atoms with van der Waals surface area (Å²) in [6, 6.07) is 12.6. The molecule has 0 bridgehead atoms. The molecule has 1 heterocycles. The second-order valence-electron chi connectivity index (χ2n) is 8.98. The van der Waals surface area contributed by atoms with Gasteiger partial charge < -0.3 is 19.4 Å². The zero-order valence-corrected chi connectivity index (χ0v) is 20.0. The normalized spacial score (nSPS) is 16.1. The number of rotatable bonds is 9. The van der Waals surface area contributed by atoms with E-state index < -0.39 is 0 Å². The number of ether oxygens (including phenoxy) is 1. The van der Waals surface area contributed by atoms with Crippen LogP contribution < -0.4 is 14.5 Å². The van der Waals surface area contributed by atoms with E-state index in [1.807, 2.05) is 32.0 Å². The average molecular weight is 444 g/mol. The molecule has 0 saturated carbocycles. The van der Waals surface area contributed by atoms with Crippen molar-refractivity contribution in [1.82, 2.24) is 4.90 Å². The Morgan fingerprint density at radius 2 is 1.94 bits per heavy atom. The second kappa shape index (κ2) is 10.8. The summed E-state index contributed by atoms with van der Waals surface area (Å²) in [5, 5.41) is 0. The number of hydrogen-bond acceptors (Lipinski definition) is 4. The van der Waals surface area contributed by atoms with E-state index in [2.05, 4.69) is 30.8 Å². The molecular formula is C26H38FN3O2. The minimum Gasteiger partial charge on any atom is -0.494 e. The van der Waals surface area contributed by atoms with Crippen molar-refractivity contribution in [2.45, 2.75) is 52.1 Å². The second-order valence-corrected chi connectivity index (χ2v) is 8.98. The van der Waals surface area contributed by atoms with Gasteiger partial charge >= 0.3 is 0 Å². The van der Waals surface area contributed by atoms with Gasteiger partial charge in [0.2, 0.25) is 0 Å². The van der Waals surface area contributed by atoms with Crippen molar-refractivity contribution in [3.8, 4) is 5.75 Å². The lowest BCUT2D eigenvalue weighted by atomic mass is 10.1. The molecule has 2 aromatic carbocycles. The molecule has 1 amide bonds. The van der Waals surface area contributed by atoms with Crippen LogP contribution in [0.2, 0.25) is 0 Å². The molecule has 0 radical (unpaired) electrons. The Morgan fingerprint density at radius 1 is 1.22 bits per heavy atom. The van der Waals surface area contributed by atoms with Gasteiger partial charge in [-0.2, -0.15) is 0 Å².